The molecule has 0 unspecified atom stereocenters. The number of para-hydroxylation sites is 2. The van der Waals surface area contributed by atoms with Crippen molar-refractivity contribution >= 4 is 44.3 Å². The number of nitrogens with zero attached hydrogens (tertiary/aromatic N) is 5. The lowest BCUT2D eigenvalue weighted by Crippen LogP contribution is -2.16. The van der Waals surface area contributed by atoms with E-state index in [-0.39, 0.29) is 34.0 Å². The van der Waals surface area contributed by atoms with Crippen LogP contribution in [0.5, 0.6) is 11.6 Å². The normalized spacial score (nSPS) is 11.1. The van der Waals surface area contributed by atoms with Gasteiger partial charge < -0.3 is 14.8 Å². The van der Waals surface area contributed by atoms with E-state index < -0.39 is 14.9 Å². The Hall–Kier alpha value is -4.59. The Morgan fingerprint density at radius 2 is 1.65 bits per heavy atom. The molecule has 0 fully saturated rings. The summed E-state index contributed by atoms with van der Waals surface area (Å²) in [5, 5.41) is 13.9. The van der Waals surface area contributed by atoms with Gasteiger partial charge in [-0.1, -0.05) is 18.2 Å². The molecule has 2 heterocycles. The summed E-state index contributed by atoms with van der Waals surface area (Å²) < 4.78 is 38.6. The van der Waals surface area contributed by atoms with Crippen LogP contribution >= 0.6 is 0 Å². The summed E-state index contributed by atoms with van der Waals surface area (Å²) in [7, 11) is -1.42. The van der Waals surface area contributed by atoms with Crippen LogP contribution in [0.2, 0.25) is 0 Å². The van der Waals surface area contributed by atoms with Gasteiger partial charge in [0, 0.05) is 12.1 Å². The van der Waals surface area contributed by atoms with Crippen molar-refractivity contribution in [1.82, 2.24) is 19.9 Å². The van der Waals surface area contributed by atoms with Crippen molar-refractivity contribution in [3.8, 4) is 11.6 Å². The average Bonchev–Trinajstić information content (AvgIpc) is 2.84. The molecule has 2 aromatic carbocycles. The summed E-state index contributed by atoms with van der Waals surface area (Å²) in [4.78, 5) is 27.1. The number of aromatic nitrogens is 4. The highest BCUT2D eigenvalue weighted by molar-refractivity contribution is 7.92. The molecule has 0 saturated carbocycles. The van der Waals surface area contributed by atoms with Gasteiger partial charge in [-0.15, -0.1) is 0 Å². The van der Waals surface area contributed by atoms with Crippen LogP contribution in [0, 0.1) is 10.1 Å². The second-order valence-electron chi connectivity index (χ2n) is 6.67. The van der Waals surface area contributed by atoms with E-state index in [9.17, 15) is 18.5 Å². The number of rotatable bonds is 8. The largest absolute Gasteiger partial charge is 0.490 e. The molecule has 14 heteroatoms. The van der Waals surface area contributed by atoms with Gasteiger partial charge in [-0.2, -0.15) is 4.98 Å². The number of benzene rings is 2. The number of nitro groups is 1. The molecule has 0 aliphatic carbocycles. The summed E-state index contributed by atoms with van der Waals surface area (Å²) in [5.41, 5.74) is 0.520. The zero-order valence-electron chi connectivity index (χ0n) is 17.8. The van der Waals surface area contributed by atoms with Gasteiger partial charge in [0.15, 0.2) is 17.4 Å². The quantitative estimate of drug-likeness (QED) is 0.279. The standard InChI is InChI=1S/C20H17N7O6S/c1-32-16-11-21-20(25-19(16)33-2)24-17-18(23-15-9-4-3-8-14(15)22-17)26-34(30,31)13-7-5-6-12(10-13)27(28)29/h3-11H,1-2H3,(H,23,26)(H,21,22,24,25). The molecule has 0 spiro atoms. The van der Waals surface area contributed by atoms with E-state index in [2.05, 4.69) is 30.0 Å². The molecule has 2 aromatic heterocycles. The van der Waals surface area contributed by atoms with Crippen LogP contribution in [0.3, 0.4) is 0 Å². The smallest absolute Gasteiger partial charge is 0.270 e. The van der Waals surface area contributed by atoms with E-state index in [4.69, 9.17) is 9.47 Å². The van der Waals surface area contributed by atoms with Crippen molar-refractivity contribution in [2.75, 3.05) is 24.3 Å². The van der Waals surface area contributed by atoms with Gasteiger partial charge in [0.05, 0.1) is 41.3 Å². The first kappa shape index (κ1) is 22.6. The Morgan fingerprint density at radius 1 is 0.941 bits per heavy atom. The van der Waals surface area contributed by atoms with Crippen molar-refractivity contribution in [2.24, 2.45) is 0 Å². The van der Waals surface area contributed by atoms with E-state index >= 15 is 0 Å². The number of nitrogens with one attached hydrogen (secondary N) is 2. The lowest BCUT2D eigenvalue weighted by atomic mass is 10.3. The maximum Gasteiger partial charge on any atom is 0.270 e. The Morgan fingerprint density at radius 3 is 2.29 bits per heavy atom. The molecule has 0 amide bonds. The molecular formula is C20H17N7O6S. The van der Waals surface area contributed by atoms with E-state index in [1.165, 1.54) is 38.6 Å². The highest BCUT2D eigenvalue weighted by atomic mass is 32.2. The highest BCUT2D eigenvalue weighted by Crippen LogP contribution is 2.29. The molecule has 13 nitrogen and oxygen atoms in total. The summed E-state index contributed by atoms with van der Waals surface area (Å²) in [5.74, 6) is 0.318. The van der Waals surface area contributed by atoms with Crippen molar-refractivity contribution in [3.05, 3.63) is 64.8 Å². The number of anilines is 3. The third-order valence-corrected chi connectivity index (χ3v) is 5.84. The first-order valence-electron chi connectivity index (χ1n) is 9.57. The highest BCUT2D eigenvalue weighted by Gasteiger charge is 2.22. The molecule has 0 radical (unpaired) electrons. The number of sulfonamides is 1. The molecule has 0 aliphatic heterocycles. The lowest BCUT2D eigenvalue weighted by molar-refractivity contribution is -0.385. The molecule has 0 aliphatic rings. The van der Waals surface area contributed by atoms with Crippen molar-refractivity contribution < 1.29 is 22.8 Å². The Bertz CT molecular complexity index is 1500. The molecule has 0 bridgehead atoms. The second-order valence-corrected chi connectivity index (χ2v) is 8.35. The van der Waals surface area contributed by atoms with Crippen LogP contribution in [-0.2, 0) is 10.0 Å². The molecular weight excluding hydrogens is 466 g/mol. The number of methoxy groups -OCH3 is 2. The van der Waals surface area contributed by atoms with Crippen molar-refractivity contribution in [1.29, 1.82) is 0 Å². The lowest BCUT2D eigenvalue weighted by Gasteiger charge is -2.14. The maximum absolute atomic E-state index is 13.0. The zero-order chi connectivity index (χ0) is 24.3. The first-order valence-corrected chi connectivity index (χ1v) is 11.0. The fourth-order valence-electron chi connectivity index (χ4n) is 2.92. The minimum absolute atomic E-state index is 0.0000688. The monoisotopic (exact) mass is 483 g/mol. The maximum atomic E-state index is 13.0. The van der Waals surface area contributed by atoms with Crippen molar-refractivity contribution in [2.45, 2.75) is 4.90 Å². The number of non-ortho nitro benzene ring substituents is 1. The average molecular weight is 483 g/mol. The summed E-state index contributed by atoms with van der Waals surface area (Å²) in [6.45, 7) is 0. The van der Waals surface area contributed by atoms with Gasteiger partial charge >= 0.3 is 0 Å². The van der Waals surface area contributed by atoms with E-state index in [0.717, 1.165) is 6.07 Å². The molecule has 2 N–H and O–H groups in total. The topological polar surface area (TPSA) is 171 Å². The Kier molecular flexibility index (Phi) is 6.05. The van der Waals surface area contributed by atoms with E-state index in [1.54, 1.807) is 24.3 Å². The van der Waals surface area contributed by atoms with Crippen LogP contribution in [0.1, 0.15) is 0 Å². The van der Waals surface area contributed by atoms with Crippen LogP contribution < -0.4 is 19.5 Å². The number of fused-ring (bicyclic) bond motifs is 1. The Balaban J connectivity index is 1.77. The number of hydrogen-bond donors (Lipinski definition) is 2. The predicted molar refractivity (Wildman–Crippen MR) is 122 cm³/mol. The third kappa shape index (κ3) is 4.61. The van der Waals surface area contributed by atoms with Crippen LogP contribution in [0.15, 0.2) is 59.6 Å². The van der Waals surface area contributed by atoms with E-state index in [1.807, 2.05) is 0 Å². The number of ether oxygens (including phenoxy) is 2. The Labute approximate surface area is 193 Å². The fourth-order valence-corrected chi connectivity index (χ4v) is 3.96. The van der Waals surface area contributed by atoms with Crippen LogP contribution in [0.4, 0.5) is 23.3 Å². The summed E-state index contributed by atoms with van der Waals surface area (Å²) >= 11 is 0. The van der Waals surface area contributed by atoms with Gasteiger partial charge in [-0.05, 0) is 18.2 Å². The third-order valence-electron chi connectivity index (χ3n) is 4.51. The van der Waals surface area contributed by atoms with Gasteiger partial charge in [-0.25, -0.2) is 23.4 Å². The SMILES string of the molecule is COc1cnc(Nc2nc3ccccc3nc2NS(=O)(=O)c2cccc([N+](=O)[O-])c2)nc1OC. The van der Waals surface area contributed by atoms with Crippen molar-refractivity contribution in [3.63, 3.8) is 0 Å². The predicted octanol–water partition coefficient (Wildman–Crippen LogP) is 2.89. The van der Waals surface area contributed by atoms with Crippen LogP contribution in [-0.4, -0.2) is 47.5 Å². The summed E-state index contributed by atoms with van der Waals surface area (Å²) in [6, 6.07) is 11.5. The van der Waals surface area contributed by atoms with E-state index in [0.29, 0.717) is 16.8 Å². The molecule has 34 heavy (non-hydrogen) atoms. The molecule has 0 atom stereocenters. The van der Waals surface area contributed by atoms with Gasteiger partial charge in [0.2, 0.25) is 5.95 Å². The minimum Gasteiger partial charge on any atom is -0.490 e. The van der Waals surface area contributed by atoms with Gasteiger partial charge in [-0.3, -0.25) is 14.8 Å². The van der Waals surface area contributed by atoms with Gasteiger partial charge in [0.1, 0.15) is 0 Å². The molecule has 0 saturated heterocycles. The summed E-state index contributed by atoms with van der Waals surface area (Å²) in [6.07, 6.45) is 1.37. The van der Waals surface area contributed by atoms with Crippen LogP contribution in [0.25, 0.3) is 11.0 Å². The zero-order valence-corrected chi connectivity index (χ0v) is 18.6. The number of hydrogen-bond acceptors (Lipinski definition) is 11. The second kappa shape index (κ2) is 9.11. The number of nitro benzene ring substituents is 1. The van der Waals surface area contributed by atoms with Gasteiger partial charge in [0.25, 0.3) is 21.6 Å². The fraction of sp³-hybridized carbons (Fsp3) is 0.100. The molecule has 4 aromatic rings. The molecule has 4 rings (SSSR count). The molecule has 174 valence electrons. The minimum atomic E-state index is -4.26. The first-order chi connectivity index (χ1) is 16.3.